The highest BCUT2D eigenvalue weighted by molar-refractivity contribution is 7.89. The smallest absolute Gasteiger partial charge is 0.315 e. The molecule has 23 heavy (non-hydrogen) atoms. The Morgan fingerprint density at radius 2 is 1.83 bits per heavy atom. The largest absolute Gasteiger partial charge is 0.326 e. The molecule has 3 N–H and O–H groups in total. The van der Waals surface area contributed by atoms with Crippen LogP contribution in [0.1, 0.15) is 6.42 Å². The van der Waals surface area contributed by atoms with Gasteiger partial charge >= 0.3 is 5.69 Å². The van der Waals surface area contributed by atoms with Crippen LogP contribution in [0.5, 0.6) is 0 Å². The summed E-state index contributed by atoms with van der Waals surface area (Å²) in [6.07, 6.45) is 0.737. The molecule has 1 aromatic carbocycles. The highest BCUT2D eigenvalue weighted by Crippen LogP contribution is 2.19. The quantitative estimate of drug-likeness (QED) is 0.675. The molecular formula is C13H17ClN4O4S. The Labute approximate surface area is 138 Å². The summed E-state index contributed by atoms with van der Waals surface area (Å²) in [6, 6.07) is 4.15. The van der Waals surface area contributed by atoms with E-state index in [1.54, 1.807) is 0 Å². The van der Waals surface area contributed by atoms with Gasteiger partial charge in [0, 0.05) is 19.6 Å². The fraction of sp³-hybridized carbons (Fsp3) is 0.385. The normalized spacial score (nSPS) is 16.7. The number of halogens is 1. The lowest BCUT2D eigenvalue weighted by Gasteiger charge is -2.19. The van der Waals surface area contributed by atoms with E-state index in [9.17, 15) is 18.0 Å². The van der Waals surface area contributed by atoms with Crippen molar-refractivity contribution in [3.8, 4) is 0 Å². The minimum Gasteiger partial charge on any atom is -0.315 e. The molecule has 0 radical (unpaired) electrons. The minimum atomic E-state index is -3.66. The number of sulfonamides is 1. The molecule has 0 saturated carbocycles. The van der Waals surface area contributed by atoms with Crippen molar-refractivity contribution in [1.29, 1.82) is 0 Å². The van der Waals surface area contributed by atoms with E-state index < -0.39 is 21.3 Å². The average molecular weight is 361 g/mol. The molecule has 1 aromatic heterocycles. The molecule has 8 nitrogen and oxygen atoms in total. The van der Waals surface area contributed by atoms with Crippen LogP contribution in [-0.2, 0) is 10.0 Å². The lowest BCUT2D eigenvalue weighted by Crippen LogP contribution is -2.34. The Morgan fingerprint density at radius 1 is 1.04 bits per heavy atom. The van der Waals surface area contributed by atoms with E-state index in [0.29, 0.717) is 25.2 Å². The number of hydrogen-bond donors (Lipinski definition) is 3. The van der Waals surface area contributed by atoms with Crippen molar-refractivity contribution < 1.29 is 8.42 Å². The van der Waals surface area contributed by atoms with Crippen LogP contribution in [0.3, 0.4) is 0 Å². The molecule has 0 bridgehead atoms. The molecule has 1 aliphatic heterocycles. The van der Waals surface area contributed by atoms with Gasteiger partial charge in [0.25, 0.3) is 5.56 Å². The number of fused-ring (bicyclic) bond motifs is 1. The van der Waals surface area contributed by atoms with E-state index in [1.165, 1.54) is 22.5 Å². The Balaban J connectivity index is 0.00000192. The van der Waals surface area contributed by atoms with Crippen LogP contribution < -0.4 is 16.6 Å². The maximum Gasteiger partial charge on any atom is 0.326 e. The summed E-state index contributed by atoms with van der Waals surface area (Å²) in [6.45, 7) is 2.21. The average Bonchev–Trinajstić information content (AvgIpc) is 2.76. The van der Waals surface area contributed by atoms with Crippen molar-refractivity contribution in [2.75, 3.05) is 26.2 Å². The monoisotopic (exact) mass is 360 g/mol. The number of aromatic nitrogens is 2. The number of rotatable bonds is 2. The Kier molecular flexibility index (Phi) is 5.25. The standard InChI is InChI=1S/C13H16N4O4S.ClH/c18-12-10-8-9(2-3-11(10)15-13(19)16-12)22(20,21)17-6-1-4-14-5-7-17;/h2-3,8,14H,1,4-7H2,(H2,15,16,18,19);1H. The van der Waals surface area contributed by atoms with E-state index in [0.717, 1.165) is 13.0 Å². The van der Waals surface area contributed by atoms with Crippen LogP contribution in [0.2, 0.25) is 0 Å². The molecule has 2 heterocycles. The van der Waals surface area contributed by atoms with Crippen LogP contribution in [0.4, 0.5) is 0 Å². The molecular weight excluding hydrogens is 344 g/mol. The highest BCUT2D eigenvalue weighted by Gasteiger charge is 2.25. The minimum absolute atomic E-state index is 0. The molecule has 0 amide bonds. The molecule has 2 aromatic rings. The molecule has 10 heteroatoms. The fourth-order valence-electron chi connectivity index (χ4n) is 2.52. The summed E-state index contributed by atoms with van der Waals surface area (Å²) in [5.41, 5.74) is -0.912. The molecule has 0 aliphatic carbocycles. The van der Waals surface area contributed by atoms with Crippen LogP contribution >= 0.6 is 12.4 Å². The van der Waals surface area contributed by atoms with Gasteiger partial charge in [-0.05, 0) is 31.2 Å². The molecule has 0 spiro atoms. The first-order valence-corrected chi connectivity index (χ1v) is 8.40. The third-order valence-electron chi connectivity index (χ3n) is 3.65. The topological polar surface area (TPSA) is 115 Å². The van der Waals surface area contributed by atoms with Crippen molar-refractivity contribution in [1.82, 2.24) is 19.6 Å². The SMILES string of the molecule is Cl.O=c1[nH]c(=O)c2cc(S(=O)(=O)N3CCCNCC3)ccc2[nH]1. The van der Waals surface area contributed by atoms with Crippen molar-refractivity contribution in [3.63, 3.8) is 0 Å². The lowest BCUT2D eigenvalue weighted by atomic mass is 10.2. The maximum atomic E-state index is 12.7. The van der Waals surface area contributed by atoms with Crippen LogP contribution in [0.15, 0.2) is 32.7 Å². The number of H-pyrrole nitrogens is 2. The van der Waals surface area contributed by atoms with E-state index in [-0.39, 0.29) is 22.7 Å². The number of aromatic amines is 2. The van der Waals surface area contributed by atoms with Gasteiger partial charge in [0.1, 0.15) is 0 Å². The van der Waals surface area contributed by atoms with E-state index >= 15 is 0 Å². The first-order valence-electron chi connectivity index (χ1n) is 6.96. The van der Waals surface area contributed by atoms with E-state index in [1.807, 2.05) is 0 Å². The van der Waals surface area contributed by atoms with Crippen LogP contribution in [0.25, 0.3) is 10.9 Å². The molecule has 1 fully saturated rings. The zero-order chi connectivity index (χ0) is 15.7. The third kappa shape index (κ3) is 3.47. The molecule has 3 rings (SSSR count). The van der Waals surface area contributed by atoms with Gasteiger partial charge in [0.05, 0.1) is 15.8 Å². The van der Waals surface area contributed by atoms with Crippen molar-refractivity contribution in [3.05, 3.63) is 39.0 Å². The van der Waals surface area contributed by atoms with Crippen molar-refractivity contribution >= 4 is 33.3 Å². The molecule has 0 unspecified atom stereocenters. The van der Waals surface area contributed by atoms with E-state index in [2.05, 4.69) is 15.3 Å². The number of nitrogens with zero attached hydrogens (tertiary/aromatic N) is 1. The second kappa shape index (κ2) is 6.83. The number of benzene rings is 1. The van der Waals surface area contributed by atoms with Crippen LogP contribution in [0, 0.1) is 0 Å². The second-order valence-electron chi connectivity index (χ2n) is 5.12. The lowest BCUT2D eigenvalue weighted by molar-refractivity contribution is 0.432. The van der Waals surface area contributed by atoms with Crippen molar-refractivity contribution in [2.45, 2.75) is 11.3 Å². The van der Waals surface area contributed by atoms with Gasteiger partial charge < -0.3 is 10.3 Å². The summed E-state index contributed by atoms with van der Waals surface area (Å²) < 4.78 is 26.8. The predicted molar refractivity (Wildman–Crippen MR) is 88.7 cm³/mol. The zero-order valence-corrected chi connectivity index (χ0v) is 13.8. The summed E-state index contributed by atoms with van der Waals surface area (Å²) >= 11 is 0. The van der Waals surface area contributed by atoms with Gasteiger partial charge in [0.2, 0.25) is 10.0 Å². The van der Waals surface area contributed by atoms with Gasteiger partial charge in [-0.1, -0.05) is 0 Å². The number of nitrogens with one attached hydrogen (secondary N) is 3. The van der Waals surface area contributed by atoms with Crippen molar-refractivity contribution in [2.24, 2.45) is 0 Å². The predicted octanol–water partition coefficient (Wildman–Crippen LogP) is -0.378. The Hall–Kier alpha value is -1.68. The first kappa shape index (κ1) is 17.7. The zero-order valence-electron chi connectivity index (χ0n) is 12.2. The third-order valence-corrected chi connectivity index (χ3v) is 5.54. The van der Waals surface area contributed by atoms with Gasteiger partial charge in [-0.25, -0.2) is 13.2 Å². The Bertz CT molecular complexity index is 913. The van der Waals surface area contributed by atoms with Gasteiger partial charge in [0.15, 0.2) is 0 Å². The molecule has 1 saturated heterocycles. The molecule has 0 atom stereocenters. The van der Waals surface area contributed by atoms with Gasteiger partial charge in [-0.3, -0.25) is 9.78 Å². The summed E-state index contributed by atoms with van der Waals surface area (Å²) in [5, 5.41) is 3.29. The highest BCUT2D eigenvalue weighted by atomic mass is 35.5. The second-order valence-corrected chi connectivity index (χ2v) is 7.06. The van der Waals surface area contributed by atoms with E-state index in [4.69, 9.17) is 0 Å². The molecule has 1 aliphatic rings. The summed E-state index contributed by atoms with van der Waals surface area (Å²) in [7, 11) is -3.66. The van der Waals surface area contributed by atoms with Crippen LogP contribution in [-0.4, -0.2) is 48.9 Å². The van der Waals surface area contributed by atoms with Gasteiger partial charge in [-0.2, -0.15) is 4.31 Å². The maximum absolute atomic E-state index is 12.7. The summed E-state index contributed by atoms with van der Waals surface area (Å²) in [4.78, 5) is 27.7. The first-order chi connectivity index (χ1) is 10.5. The fourth-order valence-corrected chi connectivity index (χ4v) is 4.02. The van der Waals surface area contributed by atoms with Gasteiger partial charge in [-0.15, -0.1) is 12.4 Å². The number of hydrogen-bond acceptors (Lipinski definition) is 5. The summed E-state index contributed by atoms with van der Waals surface area (Å²) in [5.74, 6) is 0. The molecule has 126 valence electrons. The Morgan fingerprint density at radius 3 is 2.61 bits per heavy atom.